The van der Waals surface area contributed by atoms with Gasteiger partial charge in [0.05, 0.1) is 7.11 Å². The predicted octanol–water partition coefficient (Wildman–Crippen LogP) is 3.45. The summed E-state index contributed by atoms with van der Waals surface area (Å²) in [5.41, 5.74) is 0.124. The van der Waals surface area contributed by atoms with Crippen molar-refractivity contribution in [3.63, 3.8) is 0 Å². The third kappa shape index (κ3) is 3.78. The number of fused-ring (bicyclic) bond motifs is 2. The molecule has 0 aromatic carbocycles. The smallest absolute Gasteiger partial charge is 0.410 e. The molecule has 0 aliphatic carbocycles. The summed E-state index contributed by atoms with van der Waals surface area (Å²) in [4.78, 5) is 31.3. The number of aromatic nitrogens is 1. The molecule has 136 valence electrons. The molecule has 0 spiro atoms. The van der Waals surface area contributed by atoms with E-state index in [2.05, 4.69) is 4.98 Å². The van der Waals surface area contributed by atoms with Crippen LogP contribution >= 0.6 is 0 Å². The third-order valence-electron chi connectivity index (χ3n) is 4.94. The minimum absolute atomic E-state index is 0.0664. The van der Waals surface area contributed by atoms with Crippen molar-refractivity contribution in [1.29, 1.82) is 0 Å². The number of carbonyl (C=O) groups excluding carboxylic acids is 2. The van der Waals surface area contributed by atoms with E-state index < -0.39 is 5.60 Å². The number of Topliss-reactive ketones (excluding diaryl/α,β-unsaturated/α-hetero) is 1. The summed E-state index contributed by atoms with van der Waals surface area (Å²) in [5.74, 6) is 0.491. The van der Waals surface area contributed by atoms with E-state index in [1.165, 1.54) is 7.11 Å². The van der Waals surface area contributed by atoms with Crippen LogP contribution in [0.4, 0.5) is 4.79 Å². The van der Waals surface area contributed by atoms with Gasteiger partial charge in [-0.15, -0.1) is 0 Å². The van der Waals surface area contributed by atoms with Crippen molar-refractivity contribution in [2.45, 2.75) is 64.1 Å². The monoisotopic (exact) mass is 346 g/mol. The van der Waals surface area contributed by atoms with E-state index in [-0.39, 0.29) is 29.9 Å². The summed E-state index contributed by atoms with van der Waals surface area (Å²) < 4.78 is 10.7. The second-order valence-electron chi connectivity index (χ2n) is 7.89. The normalized spacial score (nSPS) is 25.6. The van der Waals surface area contributed by atoms with Crippen molar-refractivity contribution in [3.05, 3.63) is 23.9 Å². The van der Waals surface area contributed by atoms with Crippen molar-refractivity contribution >= 4 is 11.9 Å². The van der Waals surface area contributed by atoms with Crippen molar-refractivity contribution in [2.75, 3.05) is 7.11 Å². The zero-order chi connectivity index (χ0) is 18.2. The Morgan fingerprint density at radius 3 is 2.40 bits per heavy atom. The minimum atomic E-state index is -0.503. The number of ketones is 1. The number of piperidine rings is 1. The van der Waals surface area contributed by atoms with E-state index in [1.807, 2.05) is 25.7 Å². The third-order valence-corrected chi connectivity index (χ3v) is 4.94. The van der Waals surface area contributed by atoms with Gasteiger partial charge < -0.3 is 14.4 Å². The number of pyridine rings is 1. The molecule has 2 saturated heterocycles. The summed E-state index contributed by atoms with van der Waals surface area (Å²) in [6.45, 7) is 5.62. The molecule has 1 aromatic heterocycles. The van der Waals surface area contributed by atoms with Crippen LogP contribution < -0.4 is 4.74 Å². The molecule has 0 N–H and O–H groups in total. The van der Waals surface area contributed by atoms with E-state index in [4.69, 9.17) is 9.47 Å². The second-order valence-corrected chi connectivity index (χ2v) is 7.89. The molecule has 2 aliphatic heterocycles. The summed E-state index contributed by atoms with van der Waals surface area (Å²) in [6.07, 6.45) is 4.60. The highest BCUT2D eigenvalue weighted by Crippen LogP contribution is 2.40. The summed E-state index contributed by atoms with van der Waals surface area (Å²) in [7, 11) is 1.54. The Hall–Kier alpha value is -2.11. The summed E-state index contributed by atoms with van der Waals surface area (Å²) >= 11 is 0. The molecule has 25 heavy (non-hydrogen) atoms. The van der Waals surface area contributed by atoms with Crippen molar-refractivity contribution in [1.82, 2.24) is 9.88 Å². The van der Waals surface area contributed by atoms with Crippen LogP contribution in [-0.4, -0.2) is 46.6 Å². The maximum Gasteiger partial charge on any atom is 0.410 e. The summed E-state index contributed by atoms with van der Waals surface area (Å²) in [5, 5.41) is 0. The molecule has 3 rings (SSSR count). The number of amides is 1. The molecule has 6 heteroatoms. The highest BCUT2D eigenvalue weighted by atomic mass is 16.6. The molecule has 1 aromatic rings. The molecule has 1 amide bonds. The molecule has 2 unspecified atom stereocenters. The quantitative estimate of drug-likeness (QED) is 0.784. The Morgan fingerprint density at radius 2 is 1.84 bits per heavy atom. The van der Waals surface area contributed by atoms with Gasteiger partial charge >= 0.3 is 6.09 Å². The Bertz CT molecular complexity index is 654. The van der Waals surface area contributed by atoms with Crippen LogP contribution in [0.15, 0.2) is 18.3 Å². The molecule has 2 bridgehead atoms. The van der Waals surface area contributed by atoms with Crippen molar-refractivity contribution in [3.8, 4) is 5.88 Å². The Balaban J connectivity index is 1.71. The fourth-order valence-corrected chi connectivity index (χ4v) is 3.91. The van der Waals surface area contributed by atoms with E-state index in [9.17, 15) is 9.59 Å². The van der Waals surface area contributed by atoms with Crippen molar-refractivity contribution in [2.24, 2.45) is 5.92 Å². The lowest BCUT2D eigenvalue weighted by atomic mass is 9.85. The van der Waals surface area contributed by atoms with Gasteiger partial charge in [-0.05, 0) is 52.5 Å². The largest absolute Gasteiger partial charge is 0.481 e. The SMILES string of the molecule is COc1cc(C(=O)C2CC3CCC(C2)N3C(=O)OC(C)(C)C)ccn1. The van der Waals surface area contributed by atoms with Crippen LogP contribution in [0.25, 0.3) is 0 Å². The first kappa shape index (κ1) is 17.7. The first-order chi connectivity index (χ1) is 11.8. The molecular weight excluding hydrogens is 320 g/mol. The Morgan fingerprint density at radius 1 is 1.20 bits per heavy atom. The van der Waals surface area contributed by atoms with Crippen LogP contribution in [0, 0.1) is 5.92 Å². The lowest BCUT2D eigenvalue weighted by Gasteiger charge is -2.39. The first-order valence-corrected chi connectivity index (χ1v) is 8.84. The van der Waals surface area contributed by atoms with Gasteiger partial charge in [0.25, 0.3) is 0 Å². The van der Waals surface area contributed by atoms with E-state index in [1.54, 1.807) is 18.3 Å². The first-order valence-electron chi connectivity index (χ1n) is 8.84. The predicted molar refractivity (Wildman–Crippen MR) is 92.7 cm³/mol. The lowest BCUT2D eigenvalue weighted by molar-refractivity contribution is 0.00254. The summed E-state index contributed by atoms with van der Waals surface area (Å²) in [6, 6.07) is 3.59. The second kappa shape index (κ2) is 6.65. The fraction of sp³-hybridized carbons (Fsp3) is 0.632. The Labute approximate surface area is 148 Å². The molecule has 6 nitrogen and oxygen atoms in total. The van der Waals surface area contributed by atoms with E-state index in [0.717, 1.165) is 12.8 Å². The maximum absolute atomic E-state index is 12.9. The topological polar surface area (TPSA) is 68.7 Å². The van der Waals surface area contributed by atoms with Gasteiger partial charge in [-0.25, -0.2) is 9.78 Å². The number of methoxy groups -OCH3 is 1. The molecule has 2 aliphatic rings. The van der Waals surface area contributed by atoms with Crippen LogP contribution in [0.2, 0.25) is 0 Å². The molecule has 2 fully saturated rings. The number of ether oxygens (including phenoxy) is 2. The van der Waals surface area contributed by atoms with E-state index >= 15 is 0 Å². The van der Waals surface area contributed by atoms with Gasteiger partial charge in [0.2, 0.25) is 5.88 Å². The Kier molecular flexibility index (Phi) is 4.71. The number of rotatable bonds is 3. The van der Waals surface area contributed by atoms with Gasteiger partial charge in [-0.3, -0.25) is 4.79 Å². The molecule has 0 radical (unpaired) electrons. The molecule has 3 heterocycles. The molecule has 2 atom stereocenters. The fourth-order valence-electron chi connectivity index (χ4n) is 3.91. The van der Waals surface area contributed by atoms with Gasteiger partial charge in [-0.2, -0.15) is 0 Å². The number of hydrogen-bond acceptors (Lipinski definition) is 5. The number of carbonyl (C=O) groups is 2. The lowest BCUT2D eigenvalue weighted by Crippen LogP contribution is -2.49. The van der Waals surface area contributed by atoms with Crippen LogP contribution in [0.5, 0.6) is 5.88 Å². The molecule has 0 saturated carbocycles. The van der Waals surface area contributed by atoms with Gasteiger partial charge in [0.15, 0.2) is 5.78 Å². The highest BCUT2D eigenvalue weighted by Gasteiger charge is 2.46. The van der Waals surface area contributed by atoms with Crippen LogP contribution in [0.1, 0.15) is 56.8 Å². The van der Waals surface area contributed by atoms with Gasteiger partial charge in [0.1, 0.15) is 5.60 Å². The highest BCUT2D eigenvalue weighted by molar-refractivity contribution is 5.98. The minimum Gasteiger partial charge on any atom is -0.481 e. The average Bonchev–Trinajstić information content (AvgIpc) is 2.83. The zero-order valence-electron chi connectivity index (χ0n) is 15.3. The number of nitrogens with zero attached hydrogens (tertiary/aromatic N) is 2. The number of hydrogen-bond donors (Lipinski definition) is 0. The van der Waals surface area contributed by atoms with Crippen LogP contribution in [0.3, 0.4) is 0 Å². The van der Waals surface area contributed by atoms with E-state index in [0.29, 0.717) is 24.3 Å². The van der Waals surface area contributed by atoms with Gasteiger partial charge in [0, 0.05) is 35.8 Å². The van der Waals surface area contributed by atoms with Crippen molar-refractivity contribution < 1.29 is 19.1 Å². The van der Waals surface area contributed by atoms with Gasteiger partial charge in [-0.1, -0.05) is 0 Å². The average molecular weight is 346 g/mol. The zero-order valence-corrected chi connectivity index (χ0v) is 15.3. The standard InChI is InChI=1S/C19H26N2O4/c1-19(2,3)25-18(23)21-14-5-6-15(21)10-13(9-14)17(22)12-7-8-20-16(11-12)24-4/h7-8,11,13-15H,5-6,9-10H2,1-4H3. The molecular formula is C19H26N2O4. The maximum atomic E-state index is 12.9. The van der Waals surface area contributed by atoms with Crippen LogP contribution in [-0.2, 0) is 4.74 Å².